The van der Waals surface area contributed by atoms with Crippen LogP contribution in [0.2, 0.25) is 0 Å². The molecule has 0 bridgehead atoms. The van der Waals surface area contributed by atoms with E-state index in [0.717, 1.165) is 31.1 Å². The second-order valence-electron chi connectivity index (χ2n) is 7.80. The number of anilines is 1. The first-order valence-corrected chi connectivity index (χ1v) is 10.4. The summed E-state index contributed by atoms with van der Waals surface area (Å²) in [5.74, 6) is 1.48. The molecule has 29 heavy (non-hydrogen) atoms. The first kappa shape index (κ1) is 19.6. The first-order valence-electron chi connectivity index (χ1n) is 10.4. The van der Waals surface area contributed by atoms with Gasteiger partial charge in [0.1, 0.15) is 12.7 Å². The van der Waals surface area contributed by atoms with Gasteiger partial charge >= 0.3 is 0 Å². The number of para-hydroxylation sites is 3. The van der Waals surface area contributed by atoms with Crippen molar-refractivity contribution in [1.82, 2.24) is 10.2 Å². The number of nitrogens with one attached hydrogen (secondary N) is 1. The summed E-state index contributed by atoms with van der Waals surface area (Å²) in [5.41, 5.74) is 2.56. The zero-order valence-electron chi connectivity index (χ0n) is 17.0. The van der Waals surface area contributed by atoms with Gasteiger partial charge in [0, 0.05) is 25.3 Å². The van der Waals surface area contributed by atoms with Crippen LogP contribution in [-0.4, -0.2) is 56.7 Å². The fourth-order valence-corrected chi connectivity index (χ4v) is 3.95. The van der Waals surface area contributed by atoms with Crippen LogP contribution >= 0.6 is 0 Å². The lowest BCUT2D eigenvalue weighted by molar-refractivity contribution is -0.122. The Morgan fingerprint density at radius 1 is 1.10 bits per heavy atom. The van der Waals surface area contributed by atoms with Gasteiger partial charge in [0.2, 0.25) is 5.91 Å². The maximum atomic E-state index is 12.4. The number of carbonyl (C=O) groups is 1. The van der Waals surface area contributed by atoms with E-state index >= 15 is 0 Å². The van der Waals surface area contributed by atoms with E-state index in [4.69, 9.17) is 9.47 Å². The standard InChI is InChI=1S/C23H29N3O3/c1-25(15-18-8-2-3-9-20(18)26-12-6-7-13-26)16-23(27)24-14-19-17-28-21-10-4-5-11-22(21)29-19/h2-5,8-11,19H,6-7,12-17H2,1H3,(H,24,27). The molecule has 1 amide bonds. The maximum Gasteiger partial charge on any atom is 0.234 e. The zero-order chi connectivity index (χ0) is 20.1. The van der Waals surface area contributed by atoms with Gasteiger partial charge < -0.3 is 19.7 Å². The molecule has 1 N–H and O–H groups in total. The van der Waals surface area contributed by atoms with Crippen molar-refractivity contribution in [3.63, 3.8) is 0 Å². The third-order valence-corrected chi connectivity index (χ3v) is 5.39. The van der Waals surface area contributed by atoms with Crippen molar-refractivity contribution in [1.29, 1.82) is 0 Å². The smallest absolute Gasteiger partial charge is 0.234 e. The van der Waals surface area contributed by atoms with Crippen LogP contribution in [0.15, 0.2) is 48.5 Å². The van der Waals surface area contributed by atoms with Gasteiger partial charge in [-0.25, -0.2) is 0 Å². The van der Waals surface area contributed by atoms with E-state index in [9.17, 15) is 4.79 Å². The molecule has 1 unspecified atom stereocenters. The lowest BCUT2D eigenvalue weighted by Gasteiger charge is -2.27. The SMILES string of the molecule is CN(CC(=O)NCC1COc2ccccc2O1)Cc1ccccc1N1CCCC1. The summed E-state index contributed by atoms with van der Waals surface area (Å²) in [4.78, 5) is 16.9. The number of carbonyl (C=O) groups excluding carboxylic acids is 1. The molecular formula is C23H29N3O3. The molecule has 154 valence electrons. The van der Waals surface area contributed by atoms with Crippen LogP contribution in [0.1, 0.15) is 18.4 Å². The molecule has 0 aliphatic carbocycles. The number of benzene rings is 2. The summed E-state index contributed by atoms with van der Waals surface area (Å²) < 4.78 is 11.6. The summed E-state index contributed by atoms with van der Waals surface area (Å²) in [6.45, 7) is 4.21. The summed E-state index contributed by atoms with van der Waals surface area (Å²) >= 11 is 0. The highest BCUT2D eigenvalue weighted by molar-refractivity contribution is 5.78. The van der Waals surface area contributed by atoms with Gasteiger partial charge in [-0.15, -0.1) is 0 Å². The van der Waals surface area contributed by atoms with Crippen LogP contribution in [0.25, 0.3) is 0 Å². The van der Waals surface area contributed by atoms with Crippen LogP contribution in [0.5, 0.6) is 11.5 Å². The highest BCUT2D eigenvalue weighted by atomic mass is 16.6. The Hall–Kier alpha value is -2.73. The van der Waals surface area contributed by atoms with Crippen molar-refractivity contribution in [2.24, 2.45) is 0 Å². The predicted molar refractivity (Wildman–Crippen MR) is 114 cm³/mol. The Bertz CT molecular complexity index is 836. The molecule has 2 aromatic rings. The second kappa shape index (κ2) is 9.18. The first-order chi connectivity index (χ1) is 14.2. The summed E-state index contributed by atoms with van der Waals surface area (Å²) in [5, 5.41) is 2.97. The van der Waals surface area contributed by atoms with Crippen LogP contribution in [0.3, 0.4) is 0 Å². The molecule has 2 aliphatic rings. The number of ether oxygens (including phenoxy) is 2. The van der Waals surface area contributed by atoms with Crippen molar-refractivity contribution in [2.45, 2.75) is 25.5 Å². The fourth-order valence-electron chi connectivity index (χ4n) is 3.95. The molecular weight excluding hydrogens is 366 g/mol. The summed E-state index contributed by atoms with van der Waals surface area (Å²) in [6, 6.07) is 16.1. The quantitative estimate of drug-likeness (QED) is 0.781. The van der Waals surface area contributed by atoms with Crippen molar-refractivity contribution < 1.29 is 14.3 Å². The Morgan fingerprint density at radius 3 is 2.66 bits per heavy atom. The number of hydrogen-bond donors (Lipinski definition) is 1. The minimum atomic E-state index is -0.171. The Labute approximate surface area is 172 Å². The maximum absolute atomic E-state index is 12.4. The number of fused-ring (bicyclic) bond motifs is 1. The highest BCUT2D eigenvalue weighted by Crippen LogP contribution is 2.30. The molecule has 2 heterocycles. The number of amides is 1. The highest BCUT2D eigenvalue weighted by Gasteiger charge is 2.21. The van der Waals surface area contributed by atoms with Gasteiger partial charge in [0.05, 0.1) is 13.1 Å². The lowest BCUT2D eigenvalue weighted by atomic mass is 10.1. The minimum Gasteiger partial charge on any atom is -0.486 e. The third kappa shape index (κ3) is 5.01. The fraction of sp³-hybridized carbons (Fsp3) is 0.435. The second-order valence-corrected chi connectivity index (χ2v) is 7.80. The normalized spacial score (nSPS) is 18.1. The van der Waals surface area contributed by atoms with E-state index in [2.05, 4.69) is 39.4 Å². The predicted octanol–water partition coefficient (Wildman–Crippen LogP) is 2.67. The molecule has 6 nitrogen and oxygen atoms in total. The van der Waals surface area contributed by atoms with E-state index in [1.165, 1.54) is 24.1 Å². The van der Waals surface area contributed by atoms with Crippen LogP contribution in [-0.2, 0) is 11.3 Å². The number of likely N-dealkylation sites (N-methyl/N-ethyl adjacent to an activating group) is 1. The van der Waals surface area contributed by atoms with Gasteiger partial charge in [-0.3, -0.25) is 9.69 Å². The average molecular weight is 396 g/mol. The van der Waals surface area contributed by atoms with Crippen LogP contribution < -0.4 is 19.7 Å². The van der Waals surface area contributed by atoms with Crippen LogP contribution in [0.4, 0.5) is 5.69 Å². The zero-order valence-corrected chi connectivity index (χ0v) is 17.0. The van der Waals surface area contributed by atoms with E-state index < -0.39 is 0 Å². The van der Waals surface area contributed by atoms with E-state index in [1.807, 2.05) is 31.3 Å². The topological polar surface area (TPSA) is 54.0 Å². The number of hydrogen-bond acceptors (Lipinski definition) is 5. The van der Waals surface area contributed by atoms with Gasteiger partial charge in [-0.2, -0.15) is 0 Å². The molecule has 0 radical (unpaired) electrons. The van der Waals surface area contributed by atoms with Gasteiger partial charge in [0.25, 0.3) is 0 Å². The van der Waals surface area contributed by atoms with E-state index in [1.54, 1.807) is 0 Å². The lowest BCUT2D eigenvalue weighted by Crippen LogP contribution is -2.43. The summed E-state index contributed by atoms with van der Waals surface area (Å²) in [6.07, 6.45) is 2.34. The van der Waals surface area contributed by atoms with E-state index in [0.29, 0.717) is 19.7 Å². The molecule has 0 aromatic heterocycles. The molecule has 1 fully saturated rings. The minimum absolute atomic E-state index is 0.00591. The largest absolute Gasteiger partial charge is 0.486 e. The molecule has 0 spiro atoms. The molecule has 6 heteroatoms. The molecule has 2 aliphatic heterocycles. The van der Waals surface area contributed by atoms with Gasteiger partial charge in [-0.05, 0) is 43.7 Å². The molecule has 0 saturated carbocycles. The number of nitrogens with zero attached hydrogens (tertiary/aromatic N) is 2. The average Bonchev–Trinajstić information content (AvgIpc) is 3.27. The van der Waals surface area contributed by atoms with Gasteiger partial charge in [-0.1, -0.05) is 30.3 Å². The molecule has 1 saturated heterocycles. The Morgan fingerprint density at radius 2 is 1.83 bits per heavy atom. The number of rotatable bonds is 7. The van der Waals surface area contributed by atoms with Crippen molar-refractivity contribution in [2.75, 3.05) is 44.7 Å². The molecule has 4 rings (SSSR count). The van der Waals surface area contributed by atoms with E-state index in [-0.39, 0.29) is 12.0 Å². The van der Waals surface area contributed by atoms with Gasteiger partial charge in [0.15, 0.2) is 11.5 Å². The Balaban J connectivity index is 1.25. The molecule has 2 aromatic carbocycles. The monoisotopic (exact) mass is 395 g/mol. The third-order valence-electron chi connectivity index (χ3n) is 5.39. The van der Waals surface area contributed by atoms with Crippen LogP contribution in [0, 0.1) is 0 Å². The van der Waals surface area contributed by atoms with Crippen molar-refractivity contribution in [3.05, 3.63) is 54.1 Å². The van der Waals surface area contributed by atoms with Crippen molar-refractivity contribution >= 4 is 11.6 Å². The van der Waals surface area contributed by atoms with Crippen molar-refractivity contribution in [3.8, 4) is 11.5 Å². The Kier molecular flexibility index (Phi) is 6.20. The summed E-state index contributed by atoms with van der Waals surface area (Å²) in [7, 11) is 1.98. The molecule has 1 atom stereocenters.